The Morgan fingerprint density at radius 1 is 1.27 bits per heavy atom. The number of nitrogens with two attached hydrogens (primary N) is 1. The highest BCUT2D eigenvalue weighted by atomic mass is 32.1. The number of aryl methyl sites for hydroxylation is 2. The minimum Gasteiger partial charge on any atom is -0.351 e. The van der Waals surface area contributed by atoms with Gasteiger partial charge < -0.3 is 10.6 Å². The molecule has 0 aromatic carbocycles. The SMILES string of the molecule is Cc1nc(N(C)CCCCCN)sc1C. The van der Waals surface area contributed by atoms with Crippen LogP contribution in [0.25, 0.3) is 0 Å². The Kier molecular flexibility index (Phi) is 5.05. The Bertz CT molecular complexity index is 277. The van der Waals surface area contributed by atoms with Crippen LogP contribution in [0.4, 0.5) is 5.13 Å². The fourth-order valence-corrected chi connectivity index (χ4v) is 2.28. The molecule has 86 valence electrons. The maximum Gasteiger partial charge on any atom is 0.185 e. The fraction of sp³-hybridized carbons (Fsp3) is 0.727. The molecular formula is C11H21N3S. The van der Waals surface area contributed by atoms with Crippen molar-refractivity contribution in [3.63, 3.8) is 0 Å². The second-order valence-electron chi connectivity index (χ2n) is 3.91. The van der Waals surface area contributed by atoms with Gasteiger partial charge in [0.1, 0.15) is 0 Å². The lowest BCUT2D eigenvalue weighted by molar-refractivity contribution is 0.678. The molecule has 15 heavy (non-hydrogen) atoms. The minimum atomic E-state index is 0.805. The fourth-order valence-electron chi connectivity index (χ4n) is 1.38. The molecule has 0 fully saturated rings. The van der Waals surface area contributed by atoms with Crippen LogP contribution >= 0.6 is 11.3 Å². The van der Waals surface area contributed by atoms with Gasteiger partial charge in [0, 0.05) is 18.5 Å². The third-order valence-corrected chi connectivity index (χ3v) is 3.73. The Hall–Kier alpha value is -0.610. The number of anilines is 1. The number of rotatable bonds is 6. The first-order chi connectivity index (χ1) is 7.15. The molecule has 0 saturated heterocycles. The van der Waals surface area contributed by atoms with E-state index in [-0.39, 0.29) is 0 Å². The molecule has 0 radical (unpaired) electrons. The van der Waals surface area contributed by atoms with Crippen molar-refractivity contribution < 1.29 is 0 Å². The third kappa shape index (κ3) is 3.80. The molecule has 0 aliphatic carbocycles. The smallest absolute Gasteiger partial charge is 0.185 e. The molecule has 1 aromatic rings. The largest absolute Gasteiger partial charge is 0.351 e. The molecule has 0 bridgehead atoms. The second-order valence-corrected chi connectivity index (χ2v) is 5.09. The molecule has 1 heterocycles. The molecule has 2 N–H and O–H groups in total. The Morgan fingerprint density at radius 2 is 2.00 bits per heavy atom. The van der Waals surface area contributed by atoms with Crippen LogP contribution in [0.1, 0.15) is 29.8 Å². The van der Waals surface area contributed by atoms with Crippen molar-refractivity contribution in [3.8, 4) is 0 Å². The maximum atomic E-state index is 5.46. The van der Waals surface area contributed by atoms with Gasteiger partial charge in [-0.1, -0.05) is 6.42 Å². The van der Waals surface area contributed by atoms with Crippen molar-refractivity contribution >= 4 is 16.5 Å². The van der Waals surface area contributed by atoms with E-state index in [1.807, 2.05) is 0 Å². The van der Waals surface area contributed by atoms with Crippen molar-refractivity contribution in [1.29, 1.82) is 0 Å². The molecule has 1 rings (SSSR count). The van der Waals surface area contributed by atoms with E-state index in [1.54, 1.807) is 11.3 Å². The third-order valence-electron chi connectivity index (χ3n) is 2.54. The lowest BCUT2D eigenvalue weighted by Gasteiger charge is -2.15. The van der Waals surface area contributed by atoms with Crippen LogP contribution in [0.15, 0.2) is 0 Å². The first-order valence-corrected chi connectivity index (χ1v) is 6.32. The first kappa shape index (κ1) is 12.5. The molecule has 1 aromatic heterocycles. The summed E-state index contributed by atoms with van der Waals surface area (Å²) >= 11 is 1.78. The van der Waals surface area contributed by atoms with Crippen LogP contribution in [0.2, 0.25) is 0 Å². The van der Waals surface area contributed by atoms with Gasteiger partial charge in [-0.3, -0.25) is 0 Å². The summed E-state index contributed by atoms with van der Waals surface area (Å²) < 4.78 is 0. The summed E-state index contributed by atoms with van der Waals surface area (Å²) in [7, 11) is 2.11. The Morgan fingerprint density at radius 3 is 2.53 bits per heavy atom. The molecule has 0 saturated carbocycles. The average molecular weight is 227 g/mol. The molecule has 0 atom stereocenters. The van der Waals surface area contributed by atoms with Gasteiger partial charge in [-0.2, -0.15) is 0 Å². The molecular weight excluding hydrogens is 206 g/mol. The lowest BCUT2D eigenvalue weighted by Crippen LogP contribution is -2.18. The average Bonchev–Trinajstić information content (AvgIpc) is 2.54. The van der Waals surface area contributed by atoms with E-state index < -0.39 is 0 Å². The van der Waals surface area contributed by atoms with Crippen molar-refractivity contribution in [2.24, 2.45) is 5.73 Å². The van der Waals surface area contributed by atoms with Gasteiger partial charge in [-0.25, -0.2) is 4.98 Å². The molecule has 4 heteroatoms. The monoisotopic (exact) mass is 227 g/mol. The van der Waals surface area contributed by atoms with E-state index in [0.29, 0.717) is 0 Å². The van der Waals surface area contributed by atoms with Gasteiger partial charge in [0.05, 0.1) is 5.69 Å². The molecule has 0 spiro atoms. The highest BCUT2D eigenvalue weighted by Gasteiger charge is 2.07. The van der Waals surface area contributed by atoms with Crippen LogP contribution in [0, 0.1) is 13.8 Å². The van der Waals surface area contributed by atoms with Gasteiger partial charge in [-0.15, -0.1) is 11.3 Å². The normalized spacial score (nSPS) is 10.7. The highest BCUT2D eigenvalue weighted by molar-refractivity contribution is 7.15. The summed E-state index contributed by atoms with van der Waals surface area (Å²) in [5.74, 6) is 0. The molecule has 3 nitrogen and oxygen atoms in total. The minimum absolute atomic E-state index is 0.805. The van der Waals surface area contributed by atoms with Crippen LogP contribution in [0.3, 0.4) is 0 Å². The first-order valence-electron chi connectivity index (χ1n) is 5.50. The van der Waals surface area contributed by atoms with Crippen LogP contribution in [-0.4, -0.2) is 25.1 Å². The Labute approximate surface area is 96.3 Å². The van der Waals surface area contributed by atoms with Gasteiger partial charge in [0.2, 0.25) is 0 Å². The molecule has 0 aliphatic rings. The number of nitrogens with zero attached hydrogens (tertiary/aromatic N) is 2. The van der Waals surface area contributed by atoms with Crippen LogP contribution in [-0.2, 0) is 0 Å². The number of thiazole rings is 1. The highest BCUT2D eigenvalue weighted by Crippen LogP contribution is 2.24. The zero-order valence-corrected chi connectivity index (χ0v) is 10.7. The van der Waals surface area contributed by atoms with Gasteiger partial charge in [-0.05, 0) is 33.2 Å². The summed E-state index contributed by atoms with van der Waals surface area (Å²) in [5.41, 5.74) is 6.61. The van der Waals surface area contributed by atoms with Crippen molar-refractivity contribution in [3.05, 3.63) is 10.6 Å². The van der Waals surface area contributed by atoms with Crippen molar-refractivity contribution in [1.82, 2.24) is 4.98 Å². The summed E-state index contributed by atoms with van der Waals surface area (Å²) in [6.45, 7) is 6.07. The summed E-state index contributed by atoms with van der Waals surface area (Å²) in [5, 5.41) is 1.14. The van der Waals surface area contributed by atoms with Crippen LogP contribution in [0.5, 0.6) is 0 Å². The van der Waals surface area contributed by atoms with E-state index in [2.05, 4.69) is 30.8 Å². The van der Waals surface area contributed by atoms with E-state index in [4.69, 9.17) is 5.73 Å². The predicted octanol–water partition coefficient (Wildman–Crippen LogP) is 2.33. The van der Waals surface area contributed by atoms with Crippen molar-refractivity contribution in [2.75, 3.05) is 25.0 Å². The lowest BCUT2D eigenvalue weighted by atomic mass is 10.2. The summed E-state index contributed by atoms with van der Waals surface area (Å²) in [4.78, 5) is 8.08. The molecule has 0 aliphatic heterocycles. The van der Waals surface area contributed by atoms with Crippen LogP contribution < -0.4 is 10.6 Å². The topological polar surface area (TPSA) is 42.2 Å². The van der Waals surface area contributed by atoms with E-state index >= 15 is 0 Å². The zero-order chi connectivity index (χ0) is 11.3. The number of hydrogen-bond acceptors (Lipinski definition) is 4. The number of hydrogen-bond donors (Lipinski definition) is 1. The number of unbranched alkanes of at least 4 members (excludes halogenated alkanes) is 2. The standard InChI is InChI=1S/C11H21N3S/c1-9-10(2)15-11(13-9)14(3)8-6-4-5-7-12/h4-8,12H2,1-3H3. The summed E-state index contributed by atoms with van der Waals surface area (Å²) in [6.07, 6.45) is 3.54. The zero-order valence-electron chi connectivity index (χ0n) is 9.92. The van der Waals surface area contributed by atoms with Crippen molar-refractivity contribution in [2.45, 2.75) is 33.1 Å². The van der Waals surface area contributed by atoms with E-state index in [9.17, 15) is 0 Å². The van der Waals surface area contributed by atoms with Gasteiger partial charge >= 0.3 is 0 Å². The van der Waals surface area contributed by atoms with E-state index in [1.165, 1.54) is 17.7 Å². The molecule has 0 amide bonds. The number of aromatic nitrogens is 1. The summed E-state index contributed by atoms with van der Waals surface area (Å²) in [6, 6.07) is 0. The Balaban J connectivity index is 2.36. The maximum absolute atomic E-state index is 5.46. The molecule has 0 unspecified atom stereocenters. The quantitative estimate of drug-likeness (QED) is 0.758. The van der Waals surface area contributed by atoms with Gasteiger partial charge in [0.25, 0.3) is 0 Å². The second kappa shape index (κ2) is 6.08. The van der Waals surface area contributed by atoms with Gasteiger partial charge in [0.15, 0.2) is 5.13 Å². The van der Waals surface area contributed by atoms with E-state index in [0.717, 1.165) is 30.3 Å². The predicted molar refractivity (Wildman–Crippen MR) is 67.8 cm³/mol.